The Morgan fingerprint density at radius 3 is 1.45 bits per heavy atom. The molecule has 0 spiro atoms. The van der Waals surface area contributed by atoms with Gasteiger partial charge in [-0.1, -0.05) is 0 Å². The van der Waals surface area contributed by atoms with Crippen molar-refractivity contribution in [2.75, 3.05) is 13.2 Å². The predicted octanol–water partition coefficient (Wildman–Crippen LogP) is -0.598. The van der Waals surface area contributed by atoms with Crippen molar-refractivity contribution in [2.45, 2.75) is 26.7 Å². The van der Waals surface area contributed by atoms with E-state index >= 15 is 0 Å². The fourth-order valence-electron chi connectivity index (χ4n) is 1.29. The van der Waals surface area contributed by atoms with E-state index in [1.54, 1.807) is 13.8 Å². The molecule has 2 rings (SSSR count). The van der Waals surface area contributed by atoms with E-state index in [-0.39, 0.29) is 13.2 Å². The van der Waals surface area contributed by atoms with Gasteiger partial charge in [-0.3, -0.25) is 0 Å². The summed E-state index contributed by atoms with van der Waals surface area (Å²) in [7, 11) is 0. The maximum Gasteiger partial charge on any atom is 0.508 e. The molecule has 2 aromatic heterocycles. The summed E-state index contributed by atoms with van der Waals surface area (Å²) in [6, 6.07) is 0. The molecule has 0 amide bonds. The Hall–Kier alpha value is -2.85. The monoisotopic (exact) mass is 306 g/mol. The molecule has 116 valence electrons. The number of aromatic nitrogens is 8. The van der Waals surface area contributed by atoms with Gasteiger partial charge in [0.2, 0.25) is 0 Å². The van der Waals surface area contributed by atoms with Crippen molar-refractivity contribution in [3.63, 3.8) is 0 Å². The largest absolute Gasteiger partial charge is 0.508 e. The number of ether oxygens (including phenoxy) is 2. The van der Waals surface area contributed by atoms with E-state index in [0.29, 0.717) is 36.1 Å². The normalized spacial score (nSPS) is 10.3. The highest BCUT2D eigenvalue weighted by Gasteiger charge is 2.07. The third kappa shape index (κ3) is 5.26. The number of carbonyl (C=O) groups is 1. The summed E-state index contributed by atoms with van der Waals surface area (Å²) in [6.45, 7) is 3.52. The summed E-state index contributed by atoms with van der Waals surface area (Å²) in [6.07, 6.45) is -0.171. The van der Waals surface area contributed by atoms with Crippen LogP contribution < -0.4 is 0 Å². The first-order chi connectivity index (χ1) is 10.6. The SMILES string of the molecule is Cc1nnc(CCOC(=O)OCCc2nnc(C)nn2)nn1. The van der Waals surface area contributed by atoms with Gasteiger partial charge in [-0.15, -0.1) is 40.8 Å². The van der Waals surface area contributed by atoms with E-state index in [9.17, 15) is 4.79 Å². The van der Waals surface area contributed by atoms with Crippen molar-refractivity contribution in [1.29, 1.82) is 0 Å². The second kappa shape index (κ2) is 7.81. The van der Waals surface area contributed by atoms with Crippen LogP contribution in [0.4, 0.5) is 4.79 Å². The van der Waals surface area contributed by atoms with Crippen LogP contribution in [-0.4, -0.2) is 60.2 Å². The molecule has 11 nitrogen and oxygen atoms in total. The summed E-state index contributed by atoms with van der Waals surface area (Å²) in [5.74, 6) is 1.74. The van der Waals surface area contributed by atoms with E-state index in [1.165, 1.54) is 0 Å². The number of carbonyl (C=O) groups excluding carboxylic acids is 1. The highest BCUT2D eigenvalue weighted by molar-refractivity contribution is 5.59. The number of hydrogen-bond acceptors (Lipinski definition) is 11. The van der Waals surface area contributed by atoms with Gasteiger partial charge in [0.15, 0.2) is 23.3 Å². The van der Waals surface area contributed by atoms with E-state index in [1.807, 2.05) is 0 Å². The van der Waals surface area contributed by atoms with Crippen molar-refractivity contribution < 1.29 is 14.3 Å². The zero-order valence-electron chi connectivity index (χ0n) is 12.1. The summed E-state index contributed by atoms with van der Waals surface area (Å²) in [4.78, 5) is 11.3. The molecular weight excluding hydrogens is 292 g/mol. The van der Waals surface area contributed by atoms with Gasteiger partial charge in [0, 0.05) is 12.8 Å². The second-order valence-corrected chi connectivity index (χ2v) is 4.17. The third-order valence-corrected chi connectivity index (χ3v) is 2.33. The van der Waals surface area contributed by atoms with Crippen LogP contribution in [0.15, 0.2) is 0 Å². The van der Waals surface area contributed by atoms with Gasteiger partial charge in [-0.2, -0.15) is 0 Å². The molecule has 0 N–H and O–H groups in total. The van der Waals surface area contributed by atoms with Crippen LogP contribution in [0.3, 0.4) is 0 Å². The minimum Gasteiger partial charge on any atom is -0.434 e. The molecule has 0 saturated heterocycles. The van der Waals surface area contributed by atoms with Gasteiger partial charge in [0.05, 0.1) is 0 Å². The van der Waals surface area contributed by atoms with Gasteiger partial charge >= 0.3 is 6.16 Å². The molecule has 2 heterocycles. The average Bonchev–Trinajstić information content (AvgIpc) is 2.51. The minimum absolute atomic E-state index is 0.0788. The van der Waals surface area contributed by atoms with Crippen LogP contribution in [0.5, 0.6) is 0 Å². The molecule has 0 aliphatic carbocycles. The molecule has 0 fully saturated rings. The summed E-state index contributed by atoms with van der Waals surface area (Å²) < 4.78 is 9.73. The minimum atomic E-state index is -0.791. The third-order valence-electron chi connectivity index (χ3n) is 2.33. The topological polar surface area (TPSA) is 139 Å². The molecule has 0 unspecified atom stereocenters. The lowest BCUT2D eigenvalue weighted by molar-refractivity contribution is 0.0561. The molecule has 0 aliphatic heterocycles. The molecule has 0 saturated carbocycles. The zero-order chi connectivity index (χ0) is 15.8. The number of aryl methyl sites for hydroxylation is 2. The van der Waals surface area contributed by atoms with Crippen molar-refractivity contribution in [3.05, 3.63) is 23.3 Å². The van der Waals surface area contributed by atoms with E-state index in [2.05, 4.69) is 40.8 Å². The molecule has 2 aromatic rings. The zero-order valence-corrected chi connectivity index (χ0v) is 12.1. The number of hydrogen-bond donors (Lipinski definition) is 0. The van der Waals surface area contributed by atoms with Crippen molar-refractivity contribution in [1.82, 2.24) is 40.8 Å². The van der Waals surface area contributed by atoms with Crippen LogP contribution in [0.2, 0.25) is 0 Å². The highest BCUT2D eigenvalue weighted by Crippen LogP contribution is 1.94. The average molecular weight is 306 g/mol. The quantitative estimate of drug-likeness (QED) is 0.632. The lowest BCUT2D eigenvalue weighted by Crippen LogP contribution is -2.14. The van der Waals surface area contributed by atoms with Crippen LogP contribution in [0, 0.1) is 13.8 Å². The molecule has 0 aromatic carbocycles. The number of nitrogens with zero attached hydrogens (tertiary/aromatic N) is 8. The standard InChI is InChI=1S/C11H14N8O3/c1-7-12-16-9(17-13-7)3-5-21-11(20)22-6-4-10-18-14-8(2)15-19-10/h3-6H2,1-2H3. The Morgan fingerprint density at radius 2 is 1.09 bits per heavy atom. The summed E-state index contributed by atoms with van der Waals surface area (Å²) >= 11 is 0. The van der Waals surface area contributed by atoms with Crippen molar-refractivity contribution >= 4 is 6.16 Å². The molecule has 0 bridgehead atoms. The van der Waals surface area contributed by atoms with Crippen LogP contribution in [-0.2, 0) is 22.3 Å². The van der Waals surface area contributed by atoms with Crippen LogP contribution in [0.1, 0.15) is 23.3 Å². The molecule has 0 radical (unpaired) electrons. The summed E-state index contributed by atoms with van der Waals surface area (Å²) in [5, 5.41) is 30.2. The highest BCUT2D eigenvalue weighted by atomic mass is 16.7. The van der Waals surface area contributed by atoms with E-state index in [0.717, 1.165) is 0 Å². The molecule has 0 aliphatic rings. The first-order valence-corrected chi connectivity index (χ1v) is 6.49. The Morgan fingerprint density at radius 1 is 0.727 bits per heavy atom. The maximum atomic E-state index is 11.3. The predicted molar refractivity (Wildman–Crippen MR) is 69.4 cm³/mol. The Labute approximate surface area is 125 Å². The first-order valence-electron chi connectivity index (χ1n) is 6.49. The van der Waals surface area contributed by atoms with E-state index < -0.39 is 6.16 Å². The number of rotatable bonds is 6. The first kappa shape index (κ1) is 15.5. The molecule has 11 heteroatoms. The van der Waals surface area contributed by atoms with Gasteiger partial charge in [0.25, 0.3) is 0 Å². The van der Waals surface area contributed by atoms with Gasteiger partial charge in [-0.05, 0) is 13.8 Å². The van der Waals surface area contributed by atoms with Crippen molar-refractivity contribution in [2.24, 2.45) is 0 Å². The van der Waals surface area contributed by atoms with Gasteiger partial charge < -0.3 is 9.47 Å². The fourth-order valence-corrected chi connectivity index (χ4v) is 1.29. The smallest absolute Gasteiger partial charge is 0.434 e. The van der Waals surface area contributed by atoms with Crippen molar-refractivity contribution in [3.8, 4) is 0 Å². The fraction of sp³-hybridized carbons (Fsp3) is 0.545. The van der Waals surface area contributed by atoms with Crippen LogP contribution in [0.25, 0.3) is 0 Å². The van der Waals surface area contributed by atoms with Gasteiger partial charge in [-0.25, -0.2) is 4.79 Å². The van der Waals surface area contributed by atoms with Gasteiger partial charge in [0.1, 0.15) is 13.2 Å². The second-order valence-electron chi connectivity index (χ2n) is 4.17. The Balaban J connectivity index is 1.61. The maximum absolute atomic E-state index is 11.3. The molecule has 22 heavy (non-hydrogen) atoms. The van der Waals surface area contributed by atoms with E-state index in [4.69, 9.17) is 9.47 Å². The lowest BCUT2D eigenvalue weighted by Gasteiger charge is -2.04. The molecular formula is C11H14N8O3. The van der Waals surface area contributed by atoms with Crippen LogP contribution >= 0.6 is 0 Å². The Kier molecular flexibility index (Phi) is 5.51. The lowest BCUT2D eigenvalue weighted by atomic mass is 10.4. The summed E-state index contributed by atoms with van der Waals surface area (Å²) in [5.41, 5.74) is 0. The molecule has 0 atom stereocenters. The Bertz CT molecular complexity index is 550.